The molecule has 0 heterocycles. The average molecular weight is 263 g/mol. The van der Waals surface area contributed by atoms with Crippen LogP contribution in [0.2, 0.25) is 0 Å². The van der Waals surface area contributed by atoms with Crippen LogP contribution in [0.4, 0.5) is 0 Å². The van der Waals surface area contributed by atoms with Crippen LogP contribution in [-0.4, -0.2) is 27.6 Å². The Bertz CT molecular complexity index is 518. The molecular formula is C14H17NO4. The zero-order valence-corrected chi connectivity index (χ0v) is 10.8. The molecule has 2 rings (SSSR count). The SMILES string of the molecule is Cc1cccc(C(=O)NC2(C(=O)O)CCCC2)c1O. The highest BCUT2D eigenvalue weighted by Crippen LogP contribution is 2.31. The van der Waals surface area contributed by atoms with Gasteiger partial charge in [0.25, 0.3) is 5.91 Å². The summed E-state index contributed by atoms with van der Waals surface area (Å²) >= 11 is 0. The number of para-hydroxylation sites is 1. The van der Waals surface area contributed by atoms with E-state index in [1.165, 1.54) is 6.07 Å². The van der Waals surface area contributed by atoms with Crippen molar-refractivity contribution in [1.82, 2.24) is 5.32 Å². The van der Waals surface area contributed by atoms with Gasteiger partial charge in [0, 0.05) is 0 Å². The Kier molecular flexibility index (Phi) is 3.46. The average Bonchev–Trinajstić information content (AvgIpc) is 2.82. The topological polar surface area (TPSA) is 86.6 Å². The molecule has 0 saturated heterocycles. The summed E-state index contributed by atoms with van der Waals surface area (Å²) in [6.07, 6.45) is 2.43. The number of carbonyl (C=O) groups excluding carboxylic acids is 1. The van der Waals surface area contributed by atoms with E-state index in [2.05, 4.69) is 5.32 Å². The second-order valence-electron chi connectivity index (χ2n) is 5.02. The quantitative estimate of drug-likeness (QED) is 0.776. The van der Waals surface area contributed by atoms with Crippen molar-refractivity contribution in [3.8, 4) is 5.75 Å². The molecule has 0 aromatic heterocycles. The number of aromatic hydroxyl groups is 1. The Hall–Kier alpha value is -2.04. The molecule has 0 spiro atoms. The largest absolute Gasteiger partial charge is 0.507 e. The van der Waals surface area contributed by atoms with Gasteiger partial charge in [-0.25, -0.2) is 4.79 Å². The number of hydrogen-bond donors (Lipinski definition) is 3. The van der Waals surface area contributed by atoms with Crippen LogP contribution in [-0.2, 0) is 4.79 Å². The molecule has 1 aliphatic carbocycles. The second-order valence-corrected chi connectivity index (χ2v) is 5.02. The van der Waals surface area contributed by atoms with E-state index in [0.29, 0.717) is 18.4 Å². The third kappa shape index (κ3) is 2.41. The van der Waals surface area contributed by atoms with Gasteiger partial charge >= 0.3 is 5.97 Å². The lowest BCUT2D eigenvalue weighted by molar-refractivity contribution is -0.144. The van der Waals surface area contributed by atoms with Gasteiger partial charge in [-0.3, -0.25) is 4.79 Å². The molecule has 5 heteroatoms. The van der Waals surface area contributed by atoms with Crippen LogP contribution in [0.1, 0.15) is 41.6 Å². The molecular weight excluding hydrogens is 246 g/mol. The number of carbonyl (C=O) groups is 2. The summed E-state index contributed by atoms with van der Waals surface area (Å²) < 4.78 is 0. The molecule has 19 heavy (non-hydrogen) atoms. The Morgan fingerprint density at radius 2 is 1.89 bits per heavy atom. The molecule has 1 amide bonds. The molecule has 1 aromatic carbocycles. The molecule has 1 fully saturated rings. The highest BCUT2D eigenvalue weighted by atomic mass is 16.4. The maximum Gasteiger partial charge on any atom is 0.329 e. The minimum absolute atomic E-state index is 0.0986. The summed E-state index contributed by atoms with van der Waals surface area (Å²) in [5.41, 5.74) is -0.483. The van der Waals surface area contributed by atoms with Crippen molar-refractivity contribution in [3.63, 3.8) is 0 Å². The van der Waals surface area contributed by atoms with E-state index in [1.807, 2.05) is 0 Å². The molecule has 0 radical (unpaired) electrons. The van der Waals surface area contributed by atoms with Crippen LogP contribution >= 0.6 is 0 Å². The van der Waals surface area contributed by atoms with Crippen LogP contribution in [0, 0.1) is 6.92 Å². The number of carboxylic acids is 1. The fourth-order valence-corrected chi connectivity index (χ4v) is 2.50. The third-order valence-electron chi connectivity index (χ3n) is 3.70. The minimum Gasteiger partial charge on any atom is -0.507 e. The van der Waals surface area contributed by atoms with Gasteiger partial charge in [-0.2, -0.15) is 0 Å². The number of hydrogen-bond acceptors (Lipinski definition) is 3. The van der Waals surface area contributed by atoms with Gasteiger partial charge in [0.1, 0.15) is 11.3 Å². The summed E-state index contributed by atoms with van der Waals surface area (Å²) in [5, 5.41) is 21.7. The van der Waals surface area contributed by atoms with Crippen LogP contribution < -0.4 is 5.32 Å². The number of aliphatic carboxylic acids is 1. The van der Waals surface area contributed by atoms with E-state index in [1.54, 1.807) is 19.1 Å². The first kappa shape index (κ1) is 13.4. The fraction of sp³-hybridized carbons (Fsp3) is 0.429. The lowest BCUT2D eigenvalue weighted by atomic mass is 9.97. The number of phenolic OH excluding ortho intramolecular Hbond substituents is 1. The highest BCUT2D eigenvalue weighted by molar-refractivity contribution is 6.00. The normalized spacial score (nSPS) is 17.1. The fourth-order valence-electron chi connectivity index (χ4n) is 2.50. The molecule has 1 aromatic rings. The lowest BCUT2D eigenvalue weighted by Gasteiger charge is -2.25. The van der Waals surface area contributed by atoms with E-state index < -0.39 is 17.4 Å². The number of benzene rings is 1. The van der Waals surface area contributed by atoms with Crippen molar-refractivity contribution < 1.29 is 19.8 Å². The van der Waals surface area contributed by atoms with Gasteiger partial charge in [-0.15, -0.1) is 0 Å². The van der Waals surface area contributed by atoms with Gasteiger partial charge in [0.05, 0.1) is 5.56 Å². The number of rotatable bonds is 3. The summed E-state index contributed by atoms with van der Waals surface area (Å²) in [4.78, 5) is 23.5. The monoisotopic (exact) mass is 263 g/mol. The maximum absolute atomic E-state index is 12.1. The summed E-state index contributed by atoms with van der Waals surface area (Å²) in [6, 6.07) is 4.84. The smallest absolute Gasteiger partial charge is 0.329 e. The van der Waals surface area contributed by atoms with Gasteiger partial charge in [-0.1, -0.05) is 25.0 Å². The first-order valence-corrected chi connectivity index (χ1v) is 6.31. The molecule has 5 nitrogen and oxygen atoms in total. The molecule has 1 saturated carbocycles. The summed E-state index contributed by atoms with van der Waals surface area (Å²) in [5.74, 6) is -1.64. The van der Waals surface area contributed by atoms with Gasteiger partial charge in [-0.05, 0) is 31.4 Å². The third-order valence-corrected chi connectivity index (χ3v) is 3.70. The Balaban J connectivity index is 2.25. The minimum atomic E-state index is -1.19. The second kappa shape index (κ2) is 4.91. The molecule has 102 valence electrons. The summed E-state index contributed by atoms with van der Waals surface area (Å²) in [6.45, 7) is 1.69. The first-order valence-electron chi connectivity index (χ1n) is 6.31. The van der Waals surface area contributed by atoms with Crippen molar-refractivity contribution in [2.24, 2.45) is 0 Å². The van der Waals surface area contributed by atoms with E-state index in [-0.39, 0.29) is 11.3 Å². The van der Waals surface area contributed by atoms with E-state index >= 15 is 0 Å². The van der Waals surface area contributed by atoms with Crippen molar-refractivity contribution in [1.29, 1.82) is 0 Å². The number of amides is 1. The van der Waals surface area contributed by atoms with Crippen molar-refractivity contribution in [2.75, 3.05) is 0 Å². The van der Waals surface area contributed by atoms with Gasteiger partial charge < -0.3 is 15.5 Å². The summed E-state index contributed by atoms with van der Waals surface area (Å²) in [7, 11) is 0. The Morgan fingerprint density at radius 1 is 1.26 bits per heavy atom. The number of aryl methyl sites for hydroxylation is 1. The zero-order chi connectivity index (χ0) is 14.0. The van der Waals surface area contributed by atoms with E-state index in [0.717, 1.165) is 12.8 Å². The predicted molar refractivity (Wildman–Crippen MR) is 69.1 cm³/mol. The zero-order valence-electron chi connectivity index (χ0n) is 10.8. The van der Waals surface area contributed by atoms with Crippen LogP contribution in [0.3, 0.4) is 0 Å². The first-order chi connectivity index (χ1) is 8.96. The van der Waals surface area contributed by atoms with Gasteiger partial charge in [0.15, 0.2) is 0 Å². The van der Waals surface area contributed by atoms with Crippen LogP contribution in [0.5, 0.6) is 5.75 Å². The number of phenols is 1. The number of nitrogens with one attached hydrogen (secondary N) is 1. The highest BCUT2D eigenvalue weighted by Gasteiger charge is 2.42. The Labute approximate surface area is 111 Å². The number of carboxylic acid groups (broad SMARTS) is 1. The maximum atomic E-state index is 12.1. The molecule has 0 unspecified atom stereocenters. The Morgan fingerprint density at radius 3 is 2.47 bits per heavy atom. The van der Waals surface area contributed by atoms with Gasteiger partial charge in [0.2, 0.25) is 0 Å². The molecule has 3 N–H and O–H groups in total. The standard InChI is InChI=1S/C14H17NO4/c1-9-5-4-6-10(11(9)16)12(17)15-14(13(18)19)7-2-3-8-14/h4-6,16H,2-3,7-8H2,1H3,(H,15,17)(H,18,19). The van der Waals surface area contributed by atoms with Crippen molar-refractivity contribution in [2.45, 2.75) is 38.1 Å². The van der Waals surface area contributed by atoms with E-state index in [4.69, 9.17) is 0 Å². The molecule has 0 bridgehead atoms. The molecule has 0 aliphatic heterocycles. The van der Waals surface area contributed by atoms with E-state index in [9.17, 15) is 19.8 Å². The lowest BCUT2D eigenvalue weighted by Crippen LogP contribution is -2.52. The van der Waals surface area contributed by atoms with Crippen molar-refractivity contribution in [3.05, 3.63) is 29.3 Å². The predicted octanol–water partition coefficient (Wildman–Crippen LogP) is 1.83. The molecule has 1 aliphatic rings. The van der Waals surface area contributed by atoms with Crippen molar-refractivity contribution >= 4 is 11.9 Å². The van der Waals surface area contributed by atoms with Crippen LogP contribution in [0.15, 0.2) is 18.2 Å². The molecule has 0 atom stereocenters. The van der Waals surface area contributed by atoms with Crippen LogP contribution in [0.25, 0.3) is 0 Å².